The summed E-state index contributed by atoms with van der Waals surface area (Å²) in [5.74, 6) is 0. The van der Waals surface area contributed by atoms with Gasteiger partial charge in [-0.1, -0.05) is 176 Å². The van der Waals surface area contributed by atoms with Crippen molar-refractivity contribution >= 4 is 55.6 Å². The van der Waals surface area contributed by atoms with Crippen LogP contribution in [0.5, 0.6) is 0 Å². The molecular formula is C64H48N2. The Morgan fingerprint density at radius 2 is 0.788 bits per heavy atom. The molecule has 314 valence electrons. The minimum absolute atomic E-state index is 0.897. The molecule has 0 aromatic heterocycles. The first kappa shape index (κ1) is 39.4. The zero-order valence-corrected chi connectivity index (χ0v) is 36.8. The Morgan fingerprint density at radius 1 is 0.288 bits per heavy atom. The van der Waals surface area contributed by atoms with E-state index in [1.165, 1.54) is 88.6 Å². The summed E-state index contributed by atoms with van der Waals surface area (Å²) in [6.07, 6.45) is 8.69. The number of benzene rings is 10. The molecular weight excluding hydrogens is 797 g/mol. The third kappa shape index (κ3) is 7.37. The summed E-state index contributed by atoms with van der Waals surface area (Å²) in [5, 5.41) is 5.43. The van der Waals surface area contributed by atoms with Crippen LogP contribution in [0.4, 0.5) is 28.4 Å². The van der Waals surface area contributed by atoms with Crippen molar-refractivity contribution in [3.8, 4) is 33.4 Å². The van der Waals surface area contributed by atoms with Crippen molar-refractivity contribution in [2.75, 3.05) is 9.80 Å². The smallest absolute Gasteiger partial charge is 0.0546 e. The summed E-state index contributed by atoms with van der Waals surface area (Å²) in [6.45, 7) is 0. The van der Waals surface area contributed by atoms with E-state index in [0.717, 1.165) is 48.4 Å². The van der Waals surface area contributed by atoms with E-state index in [4.69, 9.17) is 0 Å². The Morgan fingerprint density at radius 3 is 1.38 bits per heavy atom. The maximum absolute atomic E-state index is 2.48. The molecule has 2 aliphatic rings. The molecule has 0 bridgehead atoms. The second-order valence-electron chi connectivity index (χ2n) is 17.6. The van der Waals surface area contributed by atoms with Crippen LogP contribution in [0, 0.1) is 0 Å². The number of para-hydroxylation sites is 1. The highest BCUT2D eigenvalue weighted by Crippen LogP contribution is 2.46. The van der Waals surface area contributed by atoms with Crippen LogP contribution in [0.2, 0.25) is 0 Å². The van der Waals surface area contributed by atoms with Crippen molar-refractivity contribution in [3.05, 3.63) is 265 Å². The molecule has 0 spiro atoms. The summed E-state index contributed by atoms with van der Waals surface area (Å²) < 4.78 is 0. The Kier molecular flexibility index (Phi) is 10.2. The van der Waals surface area contributed by atoms with E-state index in [-0.39, 0.29) is 0 Å². The number of nitrogens with zero attached hydrogens (tertiary/aromatic N) is 2. The van der Waals surface area contributed by atoms with E-state index in [2.05, 4.69) is 252 Å². The fraction of sp³-hybridized carbons (Fsp3) is 0.0625. The van der Waals surface area contributed by atoms with Crippen molar-refractivity contribution < 1.29 is 0 Å². The topological polar surface area (TPSA) is 6.48 Å². The van der Waals surface area contributed by atoms with Gasteiger partial charge in [0.1, 0.15) is 0 Å². The van der Waals surface area contributed by atoms with Gasteiger partial charge in [0, 0.05) is 33.8 Å². The van der Waals surface area contributed by atoms with Gasteiger partial charge in [0.05, 0.1) is 5.69 Å². The van der Waals surface area contributed by atoms with E-state index in [1.807, 2.05) is 0 Å². The third-order valence-electron chi connectivity index (χ3n) is 13.6. The van der Waals surface area contributed by atoms with Crippen LogP contribution in [-0.2, 0) is 12.8 Å². The number of hydrogen-bond acceptors (Lipinski definition) is 2. The minimum Gasteiger partial charge on any atom is -0.314 e. The van der Waals surface area contributed by atoms with Gasteiger partial charge in [0.25, 0.3) is 0 Å². The van der Waals surface area contributed by atoms with Gasteiger partial charge in [-0.15, -0.1) is 0 Å². The van der Waals surface area contributed by atoms with Crippen molar-refractivity contribution in [1.29, 1.82) is 0 Å². The Balaban J connectivity index is 0.936. The van der Waals surface area contributed by atoms with E-state index in [9.17, 15) is 0 Å². The first-order valence-electron chi connectivity index (χ1n) is 23.2. The van der Waals surface area contributed by atoms with E-state index >= 15 is 0 Å². The summed E-state index contributed by atoms with van der Waals surface area (Å²) in [5.41, 5.74) is 19.8. The molecule has 0 saturated heterocycles. The first-order valence-corrected chi connectivity index (χ1v) is 23.2. The number of hydrogen-bond donors (Lipinski definition) is 0. The van der Waals surface area contributed by atoms with Gasteiger partial charge in [-0.25, -0.2) is 0 Å². The van der Waals surface area contributed by atoms with Gasteiger partial charge in [-0.05, 0) is 164 Å². The lowest BCUT2D eigenvalue weighted by Crippen LogP contribution is -2.18. The van der Waals surface area contributed by atoms with Crippen molar-refractivity contribution in [1.82, 2.24) is 0 Å². The molecule has 2 heteroatoms. The van der Waals surface area contributed by atoms with Crippen molar-refractivity contribution in [3.63, 3.8) is 0 Å². The predicted octanol–water partition coefficient (Wildman–Crippen LogP) is 17.5. The van der Waals surface area contributed by atoms with Crippen LogP contribution < -0.4 is 9.80 Å². The van der Waals surface area contributed by atoms with Gasteiger partial charge in [0.2, 0.25) is 0 Å². The molecule has 66 heavy (non-hydrogen) atoms. The standard InChI is InChI=1S/C64H48N2/c1-5-15-45(16-6-1)48-29-35-57(36-30-48)65(60-42-54(46-17-7-2-8-18-46)41-55(43-60)47-19-9-3-10-20-47)58-37-31-49(32-38-58)50-33-39-59(40-34-50)66(56-24-11-4-12-25-56)62-44-53-23-13-21-51-27-28-52-22-14-26-61(62)64(52)63(51)53/h1-26,29-31,33-37,39-44H,27-28,32,38H2. The lowest BCUT2D eigenvalue weighted by atomic mass is 9.85. The molecule has 0 heterocycles. The van der Waals surface area contributed by atoms with Gasteiger partial charge < -0.3 is 9.80 Å². The number of anilines is 5. The van der Waals surface area contributed by atoms with Crippen molar-refractivity contribution in [2.24, 2.45) is 0 Å². The second-order valence-corrected chi connectivity index (χ2v) is 17.6. The third-order valence-corrected chi connectivity index (χ3v) is 13.6. The Hall–Kier alpha value is -8.20. The zero-order chi connectivity index (χ0) is 43.8. The van der Waals surface area contributed by atoms with Crippen LogP contribution in [0.1, 0.15) is 29.5 Å². The van der Waals surface area contributed by atoms with E-state index in [1.54, 1.807) is 0 Å². The summed E-state index contributed by atoms with van der Waals surface area (Å²) in [7, 11) is 0. The van der Waals surface area contributed by atoms with Gasteiger partial charge in [-0.3, -0.25) is 0 Å². The van der Waals surface area contributed by atoms with Crippen LogP contribution in [0.3, 0.4) is 0 Å². The van der Waals surface area contributed by atoms with Crippen LogP contribution >= 0.6 is 0 Å². The fourth-order valence-electron chi connectivity index (χ4n) is 10.4. The average molecular weight is 845 g/mol. The Bertz CT molecular complexity index is 3370. The van der Waals surface area contributed by atoms with Crippen molar-refractivity contribution in [2.45, 2.75) is 25.7 Å². The molecule has 2 aliphatic carbocycles. The first-order chi connectivity index (χ1) is 32.7. The molecule has 10 aromatic rings. The molecule has 0 radical (unpaired) electrons. The molecule has 0 unspecified atom stereocenters. The van der Waals surface area contributed by atoms with E-state index in [0.29, 0.717) is 0 Å². The summed E-state index contributed by atoms with van der Waals surface area (Å²) >= 11 is 0. The molecule has 10 aromatic carbocycles. The number of rotatable bonds is 10. The lowest BCUT2D eigenvalue weighted by molar-refractivity contribution is 0.930. The molecule has 0 N–H and O–H groups in total. The maximum Gasteiger partial charge on any atom is 0.0546 e. The highest BCUT2D eigenvalue weighted by Gasteiger charge is 2.24. The quantitative estimate of drug-likeness (QED) is 0.127. The lowest BCUT2D eigenvalue weighted by Gasteiger charge is -2.31. The Labute approximate surface area is 387 Å². The summed E-state index contributed by atoms with van der Waals surface area (Å²) in [6, 6.07) is 84.5. The molecule has 2 nitrogen and oxygen atoms in total. The monoisotopic (exact) mass is 844 g/mol. The molecule has 0 saturated carbocycles. The largest absolute Gasteiger partial charge is 0.314 e. The number of aryl methyl sites for hydroxylation is 2. The fourth-order valence-corrected chi connectivity index (χ4v) is 10.4. The van der Waals surface area contributed by atoms with E-state index < -0.39 is 0 Å². The van der Waals surface area contributed by atoms with Gasteiger partial charge in [-0.2, -0.15) is 0 Å². The average Bonchev–Trinajstić information content (AvgIpc) is 3.40. The highest BCUT2D eigenvalue weighted by atomic mass is 15.2. The summed E-state index contributed by atoms with van der Waals surface area (Å²) in [4.78, 5) is 4.92. The molecule has 12 rings (SSSR count). The highest BCUT2D eigenvalue weighted by molar-refractivity contribution is 6.17. The second kappa shape index (κ2) is 17.1. The minimum atomic E-state index is 0.897. The van der Waals surface area contributed by atoms with Gasteiger partial charge in [0.15, 0.2) is 0 Å². The van der Waals surface area contributed by atoms with Gasteiger partial charge >= 0.3 is 0 Å². The molecule has 0 fully saturated rings. The van der Waals surface area contributed by atoms with Crippen LogP contribution in [-0.4, -0.2) is 0 Å². The maximum atomic E-state index is 2.48. The molecule has 0 atom stereocenters. The van der Waals surface area contributed by atoms with Crippen LogP contribution in [0.15, 0.2) is 248 Å². The number of allylic oxidation sites excluding steroid dienone is 4. The normalized spacial score (nSPS) is 13.1. The molecule has 0 amide bonds. The zero-order valence-electron chi connectivity index (χ0n) is 36.8. The SMILES string of the molecule is C1=C(c2ccc(N(c3ccccc3)c3cc4cccc5c4c4c(cccc34)CC5)cc2)CCC(N(c2ccc(-c3ccccc3)cc2)c2cc(-c3ccccc3)cc(-c3ccccc3)c2)=C1. The van der Waals surface area contributed by atoms with Crippen LogP contribution in [0.25, 0.3) is 60.5 Å². The molecule has 0 aliphatic heterocycles. The predicted molar refractivity (Wildman–Crippen MR) is 280 cm³/mol.